The standard InChI is InChI=1S/C33H42N6O8/c1-19-17-21(11-13-23(19)34-27(42)43)37-29(46)36(25(40)32(37,5)6)16-10-9-15-31(3,4)39-26(41)33(7,8)38(30(39)47)22-12-14-24(20(2)18-22)35-28(44)45/h11-14,17-18,34-35H,9-10,15-16H2,1-8H3,(H,42,43)(H,44,45). The van der Waals surface area contributed by atoms with Gasteiger partial charge in [-0.3, -0.25) is 39.8 Å². The Bertz CT molecular complexity index is 1670. The second kappa shape index (κ2) is 12.2. The lowest BCUT2D eigenvalue weighted by molar-refractivity contribution is -0.133. The number of hydrogen-bond acceptors (Lipinski definition) is 6. The topological polar surface area (TPSA) is 180 Å². The average molecular weight is 651 g/mol. The number of carbonyl (C=O) groups excluding carboxylic acids is 4. The summed E-state index contributed by atoms with van der Waals surface area (Å²) >= 11 is 0. The highest BCUT2D eigenvalue weighted by atomic mass is 16.4. The Balaban J connectivity index is 1.44. The molecule has 4 N–H and O–H groups in total. The largest absolute Gasteiger partial charge is 0.465 e. The summed E-state index contributed by atoms with van der Waals surface area (Å²) in [5.74, 6) is -0.741. The molecule has 0 aromatic heterocycles. The molecular weight excluding hydrogens is 608 g/mol. The fourth-order valence-corrected chi connectivity index (χ4v) is 6.29. The summed E-state index contributed by atoms with van der Waals surface area (Å²) in [6.45, 7) is 13.8. The summed E-state index contributed by atoms with van der Waals surface area (Å²) in [6.07, 6.45) is -1.06. The van der Waals surface area contributed by atoms with E-state index >= 15 is 0 Å². The molecule has 14 heteroatoms. The Morgan fingerprint density at radius 2 is 1.17 bits per heavy atom. The van der Waals surface area contributed by atoms with E-state index in [2.05, 4.69) is 10.6 Å². The van der Waals surface area contributed by atoms with Gasteiger partial charge in [0.1, 0.15) is 11.1 Å². The van der Waals surface area contributed by atoms with Crippen LogP contribution in [0, 0.1) is 13.8 Å². The van der Waals surface area contributed by atoms with Gasteiger partial charge in [-0.05, 0) is 122 Å². The Morgan fingerprint density at radius 3 is 1.62 bits per heavy atom. The van der Waals surface area contributed by atoms with E-state index in [0.717, 1.165) is 0 Å². The van der Waals surface area contributed by atoms with Gasteiger partial charge in [-0.1, -0.05) is 0 Å². The molecule has 0 aliphatic carbocycles. The summed E-state index contributed by atoms with van der Waals surface area (Å²) in [5.41, 5.74) is -0.414. The first kappa shape index (κ1) is 34.7. The van der Waals surface area contributed by atoms with Crippen molar-refractivity contribution in [3.63, 3.8) is 0 Å². The molecule has 0 bridgehead atoms. The van der Waals surface area contributed by atoms with Crippen LogP contribution in [0.25, 0.3) is 0 Å². The van der Waals surface area contributed by atoms with Gasteiger partial charge >= 0.3 is 24.2 Å². The number of rotatable bonds is 10. The molecule has 8 amide bonds. The number of carbonyl (C=O) groups is 6. The van der Waals surface area contributed by atoms with Crippen LogP contribution in [0.15, 0.2) is 36.4 Å². The SMILES string of the molecule is Cc1cc(N2C(=O)N(CCCCC(C)(C)N3C(=O)N(c4ccc(NC(=O)O)c(C)c4)C(C)(C)C3=O)C(=O)C2(C)C)ccc1NC(=O)O. The van der Waals surface area contributed by atoms with E-state index in [1.807, 2.05) is 0 Å². The Hall–Kier alpha value is -5.14. The number of urea groups is 2. The average Bonchev–Trinajstić information content (AvgIpc) is 3.24. The summed E-state index contributed by atoms with van der Waals surface area (Å²) in [4.78, 5) is 81.8. The summed E-state index contributed by atoms with van der Waals surface area (Å²) in [5, 5.41) is 22.7. The van der Waals surface area contributed by atoms with Crippen LogP contribution in [0.2, 0.25) is 0 Å². The van der Waals surface area contributed by atoms with Crippen molar-refractivity contribution < 1.29 is 39.0 Å². The van der Waals surface area contributed by atoms with E-state index in [0.29, 0.717) is 53.1 Å². The molecular formula is C33H42N6O8. The van der Waals surface area contributed by atoms with Gasteiger partial charge in [0.2, 0.25) is 0 Å². The number of unbranched alkanes of at least 4 members (excludes halogenated alkanes) is 1. The van der Waals surface area contributed by atoms with Crippen LogP contribution in [0.4, 0.5) is 41.9 Å². The van der Waals surface area contributed by atoms with Crippen LogP contribution in [0.1, 0.15) is 71.9 Å². The minimum Gasteiger partial charge on any atom is -0.465 e. The molecule has 2 aromatic rings. The lowest BCUT2D eigenvalue weighted by Crippen LogP contribution is -2.49. The minimum absolute atomic E-state index is 0.140. The minimum atomic E-state index is -1.21. The van der Waals surface area contributed by atoms with E-state index in [1.165, 1.54) is 19.6 Å². The fraction of sp³-hybridized carbons (Fsp3) is 0.455. The van der Waals surface area contributed by atoms with Gasteiger partial charge in [0.05, 0.1) is 0 Å². The van der Waals surface area contributed by atoms with Crippen molar-refractivity contribution in [2.75, 3.05) is 27.0 Å². The third-order valence-corrected chi connectivity index (χ3v) is 8.86. The number of anilines is 4. The third kappa shape index (κ3) is 6.31. The molecule has 47 heavy (non-hydrogen) atoms. The van der Waals surface area contributed by atoms with Crippen molar-refractivity contribution in [1.82, 2.24) is 9.80 Å². The number of imide groups is 2. The Labute approximate surface area is 273 Å². The van der Waals surface area contributed by atoms with Gasteiger partial charge in [-0.25, -0.2) is 19.2 Å². The molecule has 4 rings (SSSR count). The number of benzene rings is 2. The van der Waals surface area contributed by atoms with Gasteiger partial charge in [0, 0.05) is 34.8 Å². The molecule has 2 saturated heterocycles. The van der Waals surface area contributed by atoms with Crippen molar-refractivity contribution in [1.29, 1.82) is 0 Å². The highest BCUT2D eigenvalue weighted by Gasteiger charge is 2.56. The molecule has 2 fully saturated rings. The molecule has 0 saturated carbocycles. The van der Waals surface area contributed by atoms with Crippen LogP contribution in [-0.2, 0) is 9.59 Å². The number of aryl methyl sites for hydroxylation is 2. The van der Waals surface area contributed by atoms with Crippen LogP contribution in [0.5, 0.6) is 0 Å². The molecule has 252 valence electrons. The van der Waals surface area contributed by atoms with E-state index in [-0.39, 0.29) is 18.4 Å². The van der Waals surface area contributed by atoms with Gasteiger partial charge in [-0.2, -0.15) is 0 Å². The maximum absolute atomic E-state index is 13.8. The molecule has 0 atom stereocenters. The zero-order valence-electron chi connectivity index (χ0n) is 27.9. The van der Waals surface area contributed by atoms with Gasteiger partial charge in [-0.15, -0.1) is 0 Å². The first-order valence-corrected chi connectivity index (χ1v) is 15.3. The van der Waals surface area contributed by atoms with Crippen molar-refractivity contribution in [2.24, 2.45) is 0 Å². The monoisotopic (exact) mass is 650 g/mol. The molecule has 2 aliphatic rings. The Kier molecular flexibility index (Phi) is 9.04. The lowest BCUT2D eigenvalue weighted by Gasteiger charge is -2.34. The van der Waals surface area contributed by atoms with Crippen molar-refractivity contribution in [3.05, 3.63) is 47.5 Å². The highest BCUT2D eigenvalue weighted by molar-refractivity contribution is 6.17. The molecule has 14 nitrogen and oxygen atoms in total. The molecule has 2 aromatic carbocycles. The predicted octanol–water partition coefficient (Wildman–Crippen LogP) is 6.23. The van der Waals surface area contributed by atoms with Crippen LogP contribution in [-0.4, -0.2) is 79.2 Å². The van der Waals surface area contributed by atoms with E-state index < -0.39 is 40.9 Å². The molecule has 2 aliphatic heterocycles. The number of nitrogens with one attached hydrogen (secondary N) is 2. The van der Waals surface area contributed by atoms with Crippen molar-refractivity contribution >= 4 is 58.8 Å². The maximum atomic E-state index is 13.8. The predicted molar refractivity (Wildman–Crippen MR) is 176 cm³/mol. The second-order valence-corrected chi connectivity index (χ2v) is 13.6. The summed E-state index contributed by atoms with van der Waals surface area (Å²) in [6, 6.07) is 8.62. The first-order valence-electron chi connectivity index (χ1n) is 15.3. The van der Waals surface area contributed by atoms with Crippen LogP contribution in [0.3, 0.4) is 0 Å². The lowest BCUT2D eigenvalue weighted by atomic mass is 9.93. The summed E-state index contributed by atoms with van der Waals surface area (Å²) in [7, 11) is 0. The van der Waals surface area contributed by atoms with Gasteiger partial charge in [0.25, 0.3) is 11.8 Å². The third-order valence-electron chi connectivity index (χ3n) is 8.86. The molecule has 0 unspecified atom stereocenters. The first-order chi connectivity index (χ1) is 21.7. The van der Waals surface area contributed by atoms with Crippen molar-refractivity contribution in [2.45, 2.75) is 91.3 Å². The smallest absolute Gasteiger partial charge is 0.409 e. The van der Waals surface area contributed by atoms with Crippen molar-refractivity contribution in [3.8, 4) is 0 Å². The second-order valence-electron chi connectivity index (χ2n) is 13.6. The Morgan fingerprint density at radius 1 is 0.723 bits per heavy atom. The van der Waals surface area contributed by atoms with Crippen LogP contribution >= 0.6 is 0 Å². The van der Waals surface area contributed by atoms with Gasteiger partial charge < -0.3 is 10.2 Å². The summed E-state index contributed by atoms with van der Waals surface area (Å²) < 4.78 is 0. The quantitative estimate of drug-likeness (QED) is 0.173. The normalized spacial score (nSPS) is 17.5. The number of hydrogen-bond donors (Lipinski definition) is 4. The molecule has 2 heterocycles. The number of carboxylic acid groups (broad SMARTS) is 2. The molecule has 0 radical (unpaired) electrons. The zero-order chi connectivity index (χ0) is 35.2. The molecule has 0 spiro atoms. The maximum Gasteiger partial charge on any atom is 0.409 e. The van der Waals surface area contributed by atoms with E-state index in [9.17, 15) is 28.8 Å². The highest BCUT2D eigenvalue weighted by Crippen LogP contribution is 2.40. The number of amides is 8. The number of nitrogens with zero attached hydrogens (tertiary/aromatic N) is 4. The fourth-order valence-electron chi connectivity index (χ4n) is 6.29. The van der Waals surface area contributed by atoms with Gasteiger partial charge in [0.15, 0.2) is 0 Å². The van der Waals surface area contributed by atoms with Crippen LogP contribution < -0.4 is 20.4 Å². The van der Waals surface area contributed by atoms with E-state index in [1.54, 1.807) is 91.8 Å². The van der Waals surface area contributed by atoms with E-state index in [4.69, 9.17) is 10.2 Å². The zero-order valence-corrected chi connectivity index (χ0v) is 27.9.